The van der Waals surface area contributed by atoms with E-state index in [1.807, 2.05) is 6.07 Å². The number of pyridine rings is 1. The molecule has 0 aliphatic rings. The fourth-order valence-corrected chi connectivity index (χ4v) is 1.71. The lowest BCUT2D eigenvalue weighted by molar-refractivity contribution is -0.120. The van der Waals surface area contributed by atoms with Gasteiger partial charge in [-0.15, -0.1) is 0 Å². The Kier molecular flexibility index (Phi) is 7.03. The van der Waals surface area contributed by atoms with Crippen molar-refractivity contribution in [2.75, 3.05) is 13.1 Å². The second kappa shape index (κ2) is 8.64. The van der Waals surface area contributed by atoms with Gasteiger partial charge in [0.1, 0.15) is 0 Å². The normalized spacial score (nSPS) is 10.3. The number of aryl methyl sites for hydroxylation is 1. The lowest BCUT2D eigenvalue weighted by Crippen LogP contribution is -2.34. The van der Waals surface area contributed by atoms with Crippen LogP contribution < -0.4 is 10.6 Å². The van der Waals surface area contributed by atoms with Crippen LogP contribution in [0, 0.1) is 0 Å². The molecule has 0 saturated carbocycles. The topological polar surface area (TPSA) is 54.0 Å². The van der Waals surface area contributed by atoms with Crippen LogP contribution in [0.2, 0.25) is 0 Å². The lowest BCUT2D eigenvalue weighted by Gasteiger charge is -2.08. The molecule has 1 rings (SSSR count). The minimum Gasteiger partial charge on any atom is -0.355 e. The first kappa shape index (κ1) is 14.6. The van der Waals surface area contributed by atoms with Gasteiger partial charge >= 0.3 is 0 Å². The largest absolute Gasteiger partial charge is 0.355 e. The third-order valence-electron chi connectivity index (χ3n) is 2.80. The molecule has 0 bridgehead atoms. The van der Waals surface area contributed by atoms with E-state index in [0.717, 1.165) is 31.5 Å². The van der Waals surface area contributed by atoms with Crippen LogP contribution in [-0.2, 0) is 17.8 Å². The molecule has 1 heterocycles. The molecular formula is C14H23N3O. The molecule has 0 aliphatic carbocycles. The molecule has 0 radical (unpaired) electrons. The van der Waals surface area contributed by atoms with Crippen LogP contribution in [0.25, 0.3) is 0 Å². The van der Waals surface area contributed by atoms with Gasteiger partial charge in [0.2, 0.25) is 5.91 Å². The van der Waals surface area contributed by atoms with E-state index < -0.39 is 0 Å². The third-order valence-corrected chi connectivity index (χ3v) is 2.80. The molecule has 0 fully saturated rings. The molecule has 0 aromatic carbocycles. The zero-order valence-corrected chi connectivity index (χ0v) is 11.3. The summed E-state index contributed by atoms with van der Waals surface area (Å²) in [6.07, 6.45) is 4.89. The van der Waals surface area contributed by atoms with Gasteiger partial charge < -0.3 is 10.6 Å². The number of hydrogen-bond donors (Lipinski definition) is 2. The Balaban J connectivity index is 2.26. The summed E-state index contributed by atoms with van der Waals surface area (Å²) in [4.78, 5) is 15.8. The number of carbonyl (C=O) groups is 1. The SMILES string of the molecule is CCCCNC(=O)CNCc1ncccc1CC. The maximum atomic E-state index is 11.5. The minimum atomic E-state index is 0.0532. The number of nitrogens with one attached hydrogen (secondary N) is 2. The Bertz CT molecular complexity index is 366. The van der Waals surface area contributed by atoms with Crippen molar-refractivity contribution in [2.24, 2.45) is 0 Å². The van der Waals surface area contributed by atoms with Gasteiger partial charge in [0.15, 0.2) is 0 Å². The minimum absolute atomic E-state index is 0.0532. The lowest BCUT2D eigenvalue weighted by atomic mass is 10.1. The Hall–Kier alpha value is -1.42. The zero-order valence-electron chi connectivity index (χ0n) is 11.3. The molecular weight excluding hydrogens is 226 g/mol. The summed E-state index contributed by atoms with van der Waals surface area (Å²) in [5, 5.41) is 6.01. The summed E-state index contributed by atoms with van der Waals surface area (Å²) in [7, 11) is 0. The highest BCUT2D eigenvalue weighted by Gasteiger charge is 2.03. The monoisotopic (exact) mass is 249 g/mol. The molecule has 4 heteroatoms. The van der Waals surface area contributed by atoms with Crippen molar-refractivity contribution < 1.29 is 4.79 Å². The standard InChI is InChI=1S/C14H23N3O/c1-3-5-8-17-14(18)11-15-10-13-12(4-2)7-6-9-16-13/h6-7,9,15H,3-5,8,10-11H2,1-2H3,(H,17,18). The van der Waals surface area contributed by atoms with E-state index in [-0.39, 0.29) is 5.91 Å². The fraction of sp³-hybridized carbons (Fsp3) is 0.571. The van der Waals surface area contributed by atoms with Crippen LogP contribution >= 0.6 is 0 Å². The van der Waals surface area contributed by atoms with Gasteiger partial charge in [-0.2, -0.15) is 0 Å². The second-order valence-corrected chi connectivity index (χ2v) is 4.27. The van der Waals surface area contributed by atoms with Crippen molar-refractivity contribution in [3.63, 3.8) is 0 Å². The van der Waals surface area contributed by atoms with Gasteiger partial charge in [-0.3, -0.25) is 9.78 Å². The second-order valence-electron chi connectivity index (χ2n) is 4.27. The van der Waals surface area contributed by atoms with Crippen LogP contribution in [0.5, 0.6) is 0 Å². The number of carbonyl (C=O) groups excluding carboxylic acids is 1. The maximum Gasteiger partial charge on any atom is 0.233 e. The van der Waals surface area contributed by atoms with Gasteiger partial charge in [0, 0.05) is 19.3 Å². The van der Waals surface area contributed by atoms with E-state index in [1.54, 1.807) is 6.20 Å². The molecule has 0 aliphatic heterocycles. The van der Waals surface area contributed by atoms with E-state index in [0.29, 0.717) is 13.1 Å². The van der Waals surface area contributed by atoms with Gasteiger partial charge in [-0.25, -0.2) is 0 Å². The molecule has 2 N–H and O–H groups in total. The van der Waals surface area contributed by atoms with E-state index in [4.69, 9.17) is 0 Å². The Labute approximate surface area is 109 Å². The molecule has 100 valence electrons. The zero-order chi connectivity index (χ0) is 13.2. The van der Waals surface area contributed by atoms with Crippen molar-refractivity contribution in [2.45, 2.75) is 39.7 Å². The predicted octanol–water partition coefficient (Wildman–Crippen LogP) is 1.65. The highest BCUT2D eigenvalue weighted by Crippen LogP contribution is 2.05. The molecule has 1 aromatic heterocycles. The van der Waals surface area contributed by atoms with Crippen molar-refractivity contribution in [1.29, 1.82) is 0 Å². The molecule has 0 spiro atoms. The number of hydrogen-bond acceptors (Lipinski definition) is 3. The van der Waals surface area contributed by atoms with Crippen LogP contribution in [0.1, 0.15) is 37.9 Å². The first-order chi connectivity index (χ1) is 8.77. The Morgan fingerprint density at radius 2 is 2.22 bits per heavy atom. The average molecular weight is 249 g/mol. The average Bonchev–Trinajstić information content (AvgIpc) is 2.39. The third kappa shape index (κ3) is 5.27. The molecule has 0 unspecified atom stereocenters. The van der Waals surface area contributed by atoms with Gasteiger partial charge in [0.05, 0.1) is 12.2 Å². The predicted molar refractivity (Wildman–Crippen MR) is 73.2 cm³/mol. The van der Waals surface area contributed by atoms with Crippen molar-refractivity contribution >= 4 is 5.91 Å². The van der Waals surface area contributed by atoms with Crippen LogP contribution in [-0.4, -0.2) is 24.0 Å². The van der Waals surface area contributed by atoms with E-state index in [1.165, 1.54) is 5.56 Å². The smallest absolute Gasteiger partial charge is 0.233 e. The summed E-state index contributed by atoms with van der Waals surface area (Å²) in [5.74, 6) is 0.0532. The quantitative estimate of drug-likeness (QED) is 0.689. The number of aromatic nitrogens is 1. The van der Waals surface area contributed by atoms with Crippen LogP contribution in [0.15, 0.2) is 18.3 Å². The van der Waals surface area contributed by atoms with Gasteiger partial charge in [-0.1, -0.05) is 26.3 Å². The summed E-state index contributed by atoms with van der Waals surface area (Å²) in [6, 6.07) is 4.02. The first-order valence-electron chi connectivity index (χ1n) is 6.68. The van der Waals surface area contributed by atoms with Gasteiger partial charge in [-0.05, 0) is 24.5 Å². The summed E-state index contributed by atoms with van der Waals surface area (Å²) in [6.45, 7) is 5.98. The first-order valence-corrected chi connectivity index (χ1v) is 6.68. The van der Waals surface area contributed by atoms with E-state index in [2.05, 4.69) is 35.5 Å². The molecule has 1 amide bonds. The van der Waals surface area contributed by atoms with E-state index >= 15 is 0 Å². The Morgan fingerprint density at radius 1 is 1.39 bits per heavy atom. The van der Waals surface area contributed by atoms with Crippen molar-refractivity contribution in [3.05, 3.63) is 29.6 Å². The summed E-state index contributed by atoms with van der Waals surface area (Å²) in [5.41, 5.74) is 2.26. The highest BCUT2D eigenvalue weighted by atomic mass is 16.1. The maximum absolute atomic E-state index is 11.5. The molecule has 4 nitrogen and oxygen atoms in total. The number of nitrogens with zero attached hydrogens (tertiary/aromatic N) is 1. The molecule has 1 aromatic rings. The van der Waals surface area contributed by atoms with Crippen molar-refractivity contribution in [3.8, 4) is 0 Å². The summed E-state index contributed by atoms with van der Waals surface area (Å²) >= 11 is 0. The molecule has 0 saturated heterocycles. The van der Waals surface area contributed by atoms with Crippen molar-refractivity contribution in [1.82, 2.24) is 15.6 Å². The molecule has 18 heavy (non-hydrogen) atoms. The number of rotatable bonds is 8. The van der Waals surface area contributed by atoms with E-state index in [9.17, 15) is 4.79 Å². The van der Waals surface area contributed by atoms with Gasteiger partial charge in [0.25, 0.3) is 0 Å². The van der Waals surface area contributed by atoms with Crippen LogP contribution in [0.3, 0.4) is 0 Å². The number of amides is 1. The van der Waals surface area contributed by atoms with Crippen LogP contribution in [0.4, 0.5) is 0 Å². The molecule has 0 atom stereocenters. The highest BCUT2D eigenvalue weighted by molar-refractivity contribution is 5.77. The Morgan fingerprint density at radius 3 is 2.94 bits per heavy atom. The number of unbranched alkanes of at least 4 members (excludes halogenated alkanes) is 1. The fourth-order valence-electron chi connectivity index (χ4n) is 1.71. The summed E-state index contributed by atoms with van der Waals surface area (Å²) < 4.78 is 0.